The van der Waals surface area contributed by atoms with E-state index in [1.165, 1.54) is 6.92 Å². The number of aryl methyl sites for hydroxylation is 1. The van der Waals surface area contributed by atoms with Gasteiger partial charge in [0.25, 0.3) is 0 Å². The van der Waals surface area contributed by atoms with Gasteiger partial charge in [-0.1, -0.05) is 6.07 Å². The van der Waals surface area contributed by atoms with Crippen LogP contribution < -0.4 is 15.4 Å². The Morgan fingerprint density at radius 1 is 1.32 bits per heavy atom. The molecule has 1 aromatic heterocycles. The van der Waals surface area contributed by atoms with Gasteiger partial charge in [-0.2, -0.15) is 0 Å². The van der Waals surface area contributed by atoms with Crippen LogP contribution in [-0.4, -0.2) is 16.8 Å². The third kappa shape index (κ3) is 3.06. The third-order valence-electron chi connectivity index (χ3n) is 3.27. The summed E-state index contributed by atoms with van der Waals surface area (Å²) < 4.78 is 5.73. The van der Waals surface area contributed by atoms with Crippen molar-refractivity contribution in [3.05, 3.63) is 42.1 Å². The highest BCUT2D eigenvalue weighted by Gasteiger charge is 2.16. The summed E-state index contributed by atoms with van der Waals surface area (Å²) in [7, 11) is 0. The summed E-state index contributed by atoms with van der Waals surface area (Å²) in [6.07, 6.45) is 2.81. The number of aromatic nitrogens is 1. The van der Waals surface area contributed by atoms with Gasteiger partial charge in [0, 0.05) is 31.3 Å². The van der Waals surface area contributed by atoms with Crippen LogP contribution in [0.3, 0.4) is 0 Å². The molecule has 22 heavy (non-hydrogen) atoms. The third-order valence-corrected chi connectivity index (χ3v) is 3.27. The van der Waals surface area contributed by atoms with E-state index in [0.717, 1.165) is 17.7 Å². The molecule has 3 rings (SSSR count). The van der Waals surface area contributed by atoms with Crippen molar-refractivity contribution >= 4 is 23.2 Å². The van der Waals surface area contributed by atoms with E-state index >= 15 is 0 Å². The van der Waals surface area contributed by atoms with E-state index in [9.17, 15) is 9.59 Å². The summed E-state index contributed by atoms with van der Waals surface area (Å²) in [5, 5.41) is 5.49. The van der Waals surface area contributed by atoms with E-state index in [1.807, 2.05) is 12.1 Å². The highest BCUT2D eigenvalue weighted by atomic mass is 16.5. The quantitative estimate of drug-likeness (QED) is 0.912. The van der Waals surface area contributed by atoms with Gasteiger partial charge >= 0.3 is 0 Å². The second kappa shape index (κ2) is 5.85. The van der Waals surface area contributed by atoms with Gasteiger partial charge in [0.1, 0.15) is 11.4 Å². The van der Waals surface area contributed by atoms with Crippen molar-refractivity contribution in [3.63, 3.8) is 0 Å². The second-order valence-corrected chi connectivity index (χ2v) is 5.01. The standard InChI is InChI=1S/C16H15N3O3/c1-10(20)18-13-3-2-8-17-16(13)22-12-6-4-11-5-7-15(21)19-14(11)9-12/h2-4,6,8-9H,5,7H2,1H3,(H,18,20)(H,19,21). The maximum atomic E-state index is 11.5. The highest BCUT2D eigenvalue weighted by molar-refractivity contribution is 5.94. The maximum Gasteiger partial charge on any atom is 0.243 e. The van der Waals surface area contributed by atoms with Crippen LogP contribution in [0, 0.1) is 0 Å². The maximum absolute atomic E-state index is 11.5. The van der Waals surface area contributed by atoms with Gasteiger partial charge in [-0.15, -0.1) is 0 Å². The summed E-state index contributed by atoms with van der Waals surface area (Å²) in [6.45, 7) is 1.42. The molecule has 1 aliphatic heterocycles. The van der Waals surface area contributed by atoms with Gasteiger partial charge in [-0.25, -0.2) is 4.98 Å². The number of amides is 2. The number of rotatable bonds is 3. The Kier molecular flexibility index (Phi) is 3.74. The van der Waals surface area contributed by atoms with Crippen molar-refractivity contribution in [2.24, 2.45) is 0 Å². The first-order valence-corrected chi connectivity index (χ1v) is 6.95. The molecule has 0 unspecified atom stereocenters. The molecule has 6 nitrogen and oxygen atoms in total. The van der Waals surface area contributed by atoms with E-state index < -0.39 is 0 Å². The minimum atomic E-state index is -0.199. The number of nitrogens with one attached hydrogen (secondary N) is 2. The van der Waals surface area contributed by atoms with Crippen LogP contribution in [-0.2, 0) is 16.0 Å². The fraction of sp³-hybridized carbons (Fsp3) is 0.188. The lowest BCUT2D eigenvalue weighted by Crippen LogP contribution is -2.18. The molecule has 2 N–H and O–H groups in total. The number of nitrogens with zero attached hydrogens (tertiary/aromatic N) is 1. The Morgan fingerprint density at radius 3 is 3.00 bits per heavy atom. The number of hydrogen-bond donors (Lipinski definition) is 2. The second-order valence-electron chi connectivity index (χ2n) is 5.01. The molecule has 0 radical (unpaired) electrons. The van der Waals surface area contributed by atoms with Gasteiger partial charge in [-0.3, -0.25) is 9.59 Å². The Labute approximate surface area is 127 Å². The van der Waals surface area contributed by atoms with Crippen LogP contribution in [0.15, 0.2) is 36.5 Å². The summed E-state index contributed by atoms with van der Waals surface area (Å²) in [6, 6.07) is 8.93. The predicted molar refractivity (Wildman–Crippen MR) is 82.0 cm³/mol. The normalized spacial score (nSPS) is 13.0. The monoisotopic (exact) mass is 297 g/mol. The van der Waals surface area contributed by atoms with E-state index in [0.29, 0.717) is 23.7 Å². The molecule has 1 aliphatic rings. The van der Waals surface area contributed by atoms with Crippen LogP contribution >= 0.6 is 0 Å². The molecule has 0 saturated heterocycles. The summed E-state index contributed by atoms with van der Waals surface area (Å²) >= 11 is 0. The van der Waals surface area contributed by atoms with Gasteiger partial charge in [0.2, 0.25) is 17.7 Å². The number of carbonyl (C=O) groups excluding carboxylic acids is 2. The van der Waals surface area contributed by atoms with Gasteiger partial charge < -0.3 is 15.4 Å². The van der Waals surface area contributed by atoms with E-state index in [1.54, 1.807) is 24.4 Å². The Bertz CT molecular complexity index is 743. The molecule has 2 amide bonds. The molecule has 1 aromatic carbocycles. The number of anilines is 2. The molecule has 2 aromatic rings. The van der Waals surface area contributed by atoms with E-state index in [-0.39, 0.29) is 11.8 Å². The zero-order valence-electron chi connectivity index (χ0n) is 12.1. The van der Waals surface area contributed by atoms with Crippen molar-refractivity contribution in [3.8, 4) is 11.6 Å². The number of ether oxygens (including phenoxy) is 1. The van der Waals surface area contributed by atoms with Crippen molar-refractivity contribution in [1.82, 2.24) is 4.98 Å². The smallest absolute Gasteiger partial charge is 0.243 e. The van der Waals surface area contributed by atoms with Crippen LogP contribution in [0.25, 0.3) is 0 Å². The molecule has 0 bridgehead atoms. The van der Waals surface area contributed by atoms with Crippen LogP contribution in [0.4, 0.5) is 11.4 Å². The molecule has 112 valence electrons. The van der Waals surface area contributed by atoms with Crippen LogP contribution in [0.1, 0.15) is 18.9 Å². The van der Waals surface area contributed by atoms with E-state index in [2.05, 4.69) is 15.6 Å². The number of pyridine rings is 1. The van der Waals surface area contributed by atoms with Crippen molar-refractivity contribution in [2.45, 2.75) is 19.8 Å². The molecule has 0 spiro atoms. The predicted octanol–water partition coefficient (Wildman–Crippen LogP) is 2.72. The van der Waals surface area contributed by atoms with Gasteiger partial charge in [0.15, 0.2) is 0 Å². The molecule has 2 heterocycles. The average Bonchev–Trinajstić information content (AvgIpc) is 2.48. The van der Waals surface area contributed by atoms with Crippen molar-refractivity contribution < 1.29 is 14.3 Å². The van der Waals surface area contributed by atoms with Crippen molar-refractivity contribution in [1.29, 1.82) is 0 Å². The minimum Gasteiger partial charge on any atom is -0.437 e. The summed E-state index contributed by atoms with van der Waals surface area (Å²) in [5.74, 6) is 0.656. The molecular weight excluding hydrogens is 282 g/mol. The average molecular weight is 297 g/mol. The number of carbonyl (C=O) groups is 2. The zero-order chi connectivity index (χ0) is 15.5. The number of benzene rings is 1. The SMILES string of the molecule is CC(=O)Nc1cccnc1Oc1ccc2c(c1)NC(=O)CC2. The molecule has 0 aliphatic carbocycles. The molecular formula is C16H15N3O3. The van der Waals surface area contributed by atoms with Crippen molar-refractivity contribution in [2.75, 3.05) is 10.6 Å². The fourth-order valence-electron chi connectivity index (χ4n) is 2.28. The van der Waals surface area contributed by atoms with Crippen LogP contribution in [0.2, 0.25) is 0 Å². The molecule has 6 heteroatoms. The first-order valence-electron chi connectivity index (χ1n) is 6.95. The Balaban J connectivity index is 1.86. The molecule has 0 atom stereocenters. The zero-order valence-corrected chi connectivity index (χ0v) is 12.1. The largest absolute Gasteiger partial charge is 0.437 e. The van der Waals surface area contributed by atoms with E-state index in [4.69, 9.17) is 4.74 Å². The lowest BCUT2D eigenvalue weighted by Gasteiger charge is -2.18. The minimum absolute atomic E-state index is 0.00132. The van der Waals surface area contributed by atoms with Gasteiger partial charge in [-0.05, 0) is 30.2 Å². The molecule has 0 fully saturated rings. The first kappa shape index (κ1) is 14.1. The van der Waals surface area contributed by atoms with Gasteiger partial charge in [0.05, 0.1) is 0 Å². The van der Waals surface area contributed by atoms with Crippen LogP contribution in [0.5, 0.6) is 11.6 Å². The Morgan fingerprint density at radius 2 is 2.18 bits per heavy atom. The summed E-state index contributed by atoms with van der Waals surface area (Å²) in [5.41, 5.74) is 2.33. The topological polar surface area (TPSA) is 80.3 Å². The number of hydrogen-bond acceptors (Lipinski definition) is 4. The lowest BCUT2D eigenvalue weighted by atomic mass is 10.0. The summed E-state index contributed by atoms with van der Waals surface area (Å²) in [4.78, 5) is 26.8. The highest BCUT2D eigenvalue weighted by Crippen LogP contribution is 2.31. The number of fused-ring (bicyclic) bond motifs is 1. The molecule has 0 saturated carbocycles. The lowest BCUT2D eigenvalue weighted by molar-refractivity contribution is -0.116. The fourth-order valence-corrected chi connectivity index (χ4v) is 2.28. The Hall–Kier alpha value is -2.89. The first-order chi connectivity index (χ1) is 10.6.